The summed E-state index contributed by atoms with van der Waals surface area (Å²) in [6, 6.07) is 9.38. The zero-order valence-corrected chi connectivity index (χ0v) is 12.4. The van der Waals surface area contributed by atoms with Crippen molar-refractivity contribution in [2.45, 2.75) is 6.42 Å². The fourth-order valence-electron chi connectivity index (χ4n) is 1.96. The highest BCUT2D eigenvalue weighted by Gasteiger charge is 2.13. The molecule has 2 heterocycles. The van der Waals surface area contributed by atoms with Gasteiger partial charge in [-0.25, -0.2) is 4.52 Å². The monoisotopic (exact) mass is 313 g/mol. The summed E-state index contributed by atoms with van der Waals surface area (Å²) in [6.45, 7) is 0. The fourth-order valence-corrected chi connectivity index (χ4v) is 2.79. The molecule has 1 amide bonds. The van der Waals surface area contributed by atoms with E-state index in [9.17, 15) is 4.79 Å². The van der Waals surface area contributed by atoms with Crippen molar-refractivity contribution in [3.63, 3.8) is 0 Å². The van der Waals surface area contributed by atoms with Crippen LogP contribution in [0, 0.1) is 11.3 Å². The van der Waals surface area contributed by atoms with Gasteiger partial charge in [0.05, 0.1) is 18.9 Å². The Kier molecular flexibility index (Phi) is 3.72. The molecular formula is C14H11N5O2S. The van der Waals surface area contributed by atoms with Crippen molar-refractivity contribution in [2.24, 2.45) is 0 Å². The number of hydrogen-bond donors (Lipinski definition) is 1. The number of benzene rings is 1. The van der Waals surface area contributed by atoms with Crippen LogP contribution in [0.5, 0.6) is 5.75 Å². The van der Waals surface area contributed by atoms with E-state index in [-0.39, 0.29) is 12.4 Å². The van der Waals surface area contributed by atoms with Gasteiger partial charge in [-0.15, -0.1) is 16.4 Å². The molecular weight excluding hydrogens is 302 g/mol. The van der Waals surface area contributed by atoms with Crippen molar-refractivity contribution >= 4 is 28.2 Å². The zero-order valence-electron chi connectivity index (χ0n) is 11.6. The van der Waals surface area contributed by atoms with Gasteiger partial charge in [-0.2, -0.15) is 10.2 Å². The molecule has 2 aromatic heterocycles. The lowest BCUT2D eigenvalue weighted by Gasteiger charge is -2.02. The highest BCUT2D eigenvalue weighted by atomic mass is 32.1. The number of nitriles is 1. The van der Waals surface area contributed by atoms with Crippen LogP contribution < -0.4 is 10.1 Å². The Morgan fingerprint density at radius 2 is 2.41 bits per heavy atom. The van der Waals surface area contributed by atoms with E-state index >= 15 is 0 Å². The average Bonchev–Trinajstić information content (AvgIpc) is 3.07. The van der Waals surface area contributed by atoms with Crippen LogP contribution in [0.15, 0.2) is 29.6 Å². The number of amides is 1. The normalized spacial score (nSPS) is 10.4. The van der Waals surface area contributed by atoms with Crippen LogP contribution >= 0.6 is 11.3 Å². The third kappa shape index (κ3) is 2.62. The van der Waals surface area contributed by atoms with E-state index in [0.717, 1.165) is 17.0 Å². The van der Waals surface area contributed by atoms with E-state index in [1.165, 1.54) is 11.3 Å². The summed E-state index contributed by atoms with van der Waals surface area (Å²) in [5, 5.41) is 17.2. The third-order valence-corrected chi connectivity index (χ3v) is 3.75. The van der Waals surface area contributed by atoms with Gasteiger partial charge in [0.2, 0.25) is 16.8 Å². The van der Waals surface area contributed by atoms with Crippen LogP contribution in [-0.4, -0.2) is 27.6 Å². The molecule has 110 valence electrons. The van der Waals surface area contributed by atoms with Gasteiger partial charge in [-0.1, -0.05) is 12.1 Å². The number of ether oxygens (including phenoxy) is 1. The summed E-state index contributed by atoms with van der Waals surface area (Å²) in [5.74, 6) is 0.513. The third-order valence-electron chi connectivity index (χ3n) is 2.94. The van der Waals surface area contributed by atoms with Crippen LogP contribution in [0.4, 0.5) is 5.95 Å². The largest absolute Gasteiger partial charge is 0.497 e. The van der Waals surface area contributed by atoms with E-state index in [1.54, 1.807) is 17.7 Å². The first-order chi connectivity index (χ1) is 10.7. The SMILES string of the molecule is COc1cccc(-c2csc3nc(NC(=O)CC#N)nn23)c1. The maximum absolute atomic E-state index is 11.4. The number of rotatable bonds is 4. The Morgan fingerprint density at radius 3 is 3.18 bits per heavy atom. The molecule has 0 aliphatic carbocycles. The van der Waals surface area contributed by atoms with E-state index in [1.807, 2.05) is 29.6 Å². The molecule has 3 aromatic rings. The van der Waals surface area contributed by atoms with Crippen LogP contribution in [0.2, 0.25) is 0 Å². The molecule has 7 nitrogen and oxygen atoms in total. The second kappa shape index (κ2) is 5.83. The number of thiazole rings is 1. The minimum absolute atomic E-state index is 0.191. The zero-order chi connectivity index (χ0) is 15.5. The summed E-state index contributed by atoms with van der Waals surface area (Å²) < 4.78 is 6.87. The number of nitrogens with one attached hydrogen (secondary N) is 1. The average molecular weight is 313 g/mol. The number of anilines is 1. The molecule has 1 N–H and O–H groups in total. The topological polar surface area (TPSA) is 92.3 Å². The molecule has 22 heavy (non-hydrogen) atoms. The minimum Gasteiger partial charge on any atom is -0.497 e. The summed E-state index contributed by atoms with van der Waals surface area (Å²) in [4.78, 5) is 16.3. The first kappa shape index (κ1) is 14.0. The summed E-state index contributed by atoms with van der Waals surface area (Å²) in [6.07, 6.45) is -0.227. The summed E-state index contributed by atoms with van der Waals surface area (Å²) in [7, 11) is 1.61. The van der Waals surface area contributed by atoms with Crippen molar-refractivity contribution in [2.75, 3.05) is 12.4 Å². The number of nitrogens with zero attached hydrogens (tertiary/aromatic N) is 4. The molecule has 0 radical (unpaired) electrons. The number of methoxy groups -OCH3 is 1. The van der Waals surface area contributed by atoms with Crippen molar-refractivity contribution in [3.05, 3.63) is 29.6 Å². The predicted octanol–water partition coefficient (Wildman–Crippen LogP) is 2.32. The number of fused-ring (bicyclic) bond motifs is 1. The van der Waals surface area contributed by atoms with Crippen molar-refractivity contribution in [1.29, 1.82) is 5.26 Å². The minimum atomic E-state index is -0.427. The first-order valence-electron chi connectivity index (χ1n) is 6.37. The van der Waals surface area contributed by atoms with Gasteiger partial charge in [0.15, 0.2) is 0 Å². The van der Waals surface area contributed by atoms with E-state index < -0.39 is 5.91 Å². The number of hydrogen-bond acceptors (Lipinski definition) is 6. The van der Waals surface area contributed by atoms with Gasteiger partial charge < -0.3 is 4.74 Å². The summed E-state index contributed by atoms with van der Waals surface area (Å²) >= 11 is 1.42. The molecule has 0 atom stereocenters. The standard InChI is InChI=1S/C14H11N5O2S/c1-21-10-4-2-3-9(7-10)11-8-22-14-17-13(18-19(11)14)16-12(20)5-6-15/h2-4,7-8H,5H2,1H3,(H,16,18,20). The van der Waals surface area contributed by atoms with Crippen molar-refractivity contribution in [1.82, 2.24) is 14.6 Å². The predicted molar refractivity (Wildman–Crippen MR) is 81.7 cm³/mol. The molecule has 0 bridgehead atoms. The lowest BCUT2D eigenvalue weighted by Crippen LogP contribution is -2.11. The quantitative estimate of drug-likeness (QED) is 0.798. The highest BCUT2D eigenvalue weighted by molar-refractivity contribution is 7.15. The molecule has 8 heteroatoms. The number of carbonyl (C=O) groups is 1. The van der Waals surface area contributed by atoms with E-state index in [2.05, 4.69) is 15.4 Å². The van der Waals surface area contributed by atoms with E-state index in [0.29, 0.717) is 4.96 Å². The Bertz CT molecular complexity index is 877. The Balaban J connectivity index is 1.96. The fraction of sp³-hybridized carbons (Fsp3) is 0.143. The second-order valence-corrected chi connectivity index (χ2v) is 5.20. The van der Waals surface area contributed by atoms with Crippen molar-refractivity contribution in [3.8, 4) is 23.1 Å². The smallest absolute Gasteiger partial charge is 0.250 e. The van der Waals surface area contributed by atoms with Crippen LogP contribution in [0.1, 0.15) is 6.42 Å². The van der Waals surface area contributed by atoms with Gasteiger partial charge in [-0.3, -0.25) is 10.1 Å². The number of aromatic nitrogens is 3. The lowest BCUT2D eigenvalue weighted by molar-refractivity contribution is -0.115. The van der Waals surface area contributed by atoms with Gasteiger partial charge in [0.1, 0.15) is 12.2 Å². The van der Waals surface area contributed by atoms with E-state index in [4.69, 9.17) is 10.00 Å². The Hall–Kier alpha value is -2.92. The molecule has 0 saturated carbocycles. The van der Waals surface area contributed by atoms with Gasteiger partial charge in [0.25, 0.3) is 0 Å². The second-order valence-electron chi connectivity index (χ2n) is 4.37. The molecule has 0 unspecified atom stereocenters. The van der Waals surface area contributed by atoms with Crippen LogP contribution in [0.25, 0.3) is 16.2 Å². The van der Waals surface area contributed by atoms with Crippen LogP contribution in [0.3, 0.4) is 0 Å². The highest BCUT2D eigenvalue weighted by Crippen LogP contribution is 2.28. The molecule has 0 saturated heterocycles. The maximum atomic E-state index is 11.4. The maximum Gasteiger partial charge on any atom is 0.250 e. The summed E-state index contributed by atoms with van der Waals surface area (Å²) in [5.41, 5.74) is 1.79. The Labute approximate surface area is 129 Å². The van der Waals surface area contributed by atoms with Gasteiger partial charge in [0, 0.05) is 10.9 Å². The van der Waals surface area contributed by atoms with Crippen molar-refractivity contribution < 1.29 is 9.53 Å². The molecule has 0 fully saturated rings. The molecule has 0 spiro atoms. The lowest BCUT2D eigenvalue weighted by atomic mass is 10.2. The Morgan fingerprint density at radius 1 is 1.55 bits per heavy atom. The molecule has 1 aromatic carbocycles. The van der Waals surface area contributed by atoms with Gasteiger partial charge in [-0.05, 0) is 12.1 Å². The molecule has 0 aliphatic rings. The van der Waals surface area contributed by atoms with Crippen LogP contribution in [-0.2, 0) is 4.79 Å². The first-order valence-corrected chi connectivity index (χ1v) is 7.24. The van der Waals surface area contributed by atoms with Gasteiger partial charge >= 0.3 is 0 Å². The number of carbonyl (C=O) groups excluding carboxylic acids is 1. The molecule has 3 rings (SSSR count). The molecule has 0 aliphatic heterocycles.